The molecule has 0 aliphatic carbocycles. The quantitative estimate of drug-likeness (QED) is 0.104. The largest absolute Gasteiger partial charge is 0.321 e. The molecule has 1 unspecified atom stereocenters. The van der Waals surface area contributed by atoms with E-state index in [9.17, 15) is 14.4 Å². The van der Waals surface area contributed by atoms with Crippen LogP contribution >= 0.6 is 34.7 Å². The zero-order chi connectivity index (χ0) is 31.8. The van der Waals surface area contributed by atoms with Crippen molar-refractivity contribution in [2.24, 2.45) is 0 Å². The number of thiazole rings is 1. The maximum Gasteiger partial charge on any atom is 0.272 e. The number of thioether (sulfide) groups is 1. The van der Waals surface area contributed by atoms with Crippen LogP contribution in [0.2, 0.25) is 5.02 Å². The molecule has 0 saturated heterocycles. The predicted molar refractivity (Wildman–Crippen MR) is 185 cm³/mol. The molecule has 3 N–H and O–H groups in total. The second kappa shape index (κ2) is 14.9. The average Bonchev–Trinajstić information content (AvgIpc) is 3.41. The van der Waals surface area contributed by atoms with E-state index in [0.717, 1.165) is 21.0 Å². The molecule has 10 heteroatoms. The van der Waals surface area contributed by atoms with Gasteiger partial charge in [0.2, 0.25) is 5.91 Å². The fourth-order valence-corrected chi connectivity index (χ4v) is 6.29. The third-order valence-corrected chi connectivity index (χ3v) is 8.75. The maximum absolute atomic E-state index is 13.4. The van der Waals surface area contributed by atoms with E-state index in [2.05, 4.69) is 20.9 Å². The Kier molecular flexibility index (Phi) is 10.5. The number of nitrogens with one attached hydrogen (secondary N) is 3. The van der Waals surface area contributed by atoms with Crippen molar-refractivity contribution in [3.63, 3.8) is 0 Å². The Balaban J connectivity index is 1.26. The Bertz CT molecular complexity index is 1860. The van der Waals surface area contributed by atoms with Gasteiger partial charge >= 0.3 is 0 Å². The van der Waals surface area contributed by atoms with Crippen molar-refractivity contribution in [1.82, 2.24) is 10.3 Å². The van der Waals surface area contributed by atoms with Crippen molar-refractivity contribution < 1.29 is 14.4 Å². The lowest BCUT2D eigenvalue weighted by atomic mass is 10.1. The van der Waals surface area contributed by atoms with Crippen molar-refractivity contribution in [3.05, 3.63) is 136 Å². The van der Waals surface area contributed by atoms with Crippen molar-refractivity contribution in [1.29, 1.82) is 0 Å². The van der Waals surface area contributed by atoms with Crippen molar-refractivity contribution in [2.45, 2.75) is 24.0 Å². The molecule has 1 atom stereocenters. The molecule has 0 aliphatic heterocycles. The fraction of sp³-hybridized carbons (Fsp3) is 0.0857. The molecule has 1 aromatic heterocycles. The molecular weight excluding hydrogens is 624 g/mol. The second-order valence-corrected chi connectivity index (χ2v) is 13.0. The number of hydrogen-bond donors (Lipinski definition) is 3. The normalized spacial score (nSPS) is 11.8. The fourth-order valence-electron chi connectivity index (χ4n) is 4.33. The van der Waals surface area contributed by atoms with Gasteiger partial charge in [-0.2, -0.15) is 0 Å². The van der Waals surface area contributed by atoms with E-state index in [1.54, 1.807) is 72.8 Å². The smallest absolute Gasteiger partial charge is 0.272 e. The first-order valence-electron chi connectivity index (χ1n) is 14.0. The monoisotopic (exact) mass is 652 g/mol. The average molecular weight is 653 g/mol. The van der Waals surface area contributed by atoms with E-state index in [0.29, 0.717) is 27.0 Å². The van der Waals surface area contributed by atoms with E-state index < -0.39 is 17.1 Å². The summed E-state index contributed by atoms with van der Waals surface area (Å²) in [5, 5.41) is 9.13. The van der Waals surface area contributed by atoms with Gasteiger partial charge in [0.25, 0.3) is 11.8 Å². The third-order valence-electron chi connectivity index (χ3n) is 6.54. The van der Waals surface area contributed by atoms with Gasteiger partial charge < -0.3 is 16.0 Å². The molecule has 0 bridgehead atoms. The Morgan fingerprint density at radius 2 is 1.58 bits per heavy atom. The highest BCUT2D eigenvalue weighted by molar-refractivity contribution is 8.00. The molecule has 5 aromatic rings. The highest BCUT2D eigenvalue weighted by atomic mass is 35.5. The number of amides is 3. The van der Waals surface area contributed by atoms with Crippen LogP contribution < -0.4 is 16.0 Å². The minimum Gasteiger partial charge on any atom is -0.321 e. The Morgan fingerprint density at radius 1 is 0.867 bits per heavy atom. The van der Waals surface area contributed by atoms with Gasteiger partial charge in [-0.3, -0.25) is 14.4 Å². The summed E-state index contributed by atoms with van der Waals surface area (Å²) >= 11 is 8.94. The van der Waals surface area contributed by atoms with Gasteiger partial charge in [0.1, 0.15) is 5.70 Å². The second-order valence-electron chi connectivity index (χ2n) is 9.95. The SMILES string of the molecule is Cc1sc(NC(=O)C(C)Sc2cccc(NC(=O)/C(=C/c3cccc(Cl)c3)NC(=O)c3ccccc3)c2)nc1-c1ccccc1. The molecule has 7 nitrogen and oxygen atoms in total. The van der Waals surface area contributed by atoms with Crippen LogP contribution in [-0.4, -0.2) is 28.0 Å². The van der Waals surface area contributed by atoms with E-state index in [1.807, 2.05) is 56.3 Å². The minimum absolute atomic E-state index is 0.0468. The number of carbonyl (C=O) groups excluding carboxylic acids is 3. The molecule has 5 rings (SSSR count). The van der Waals surface area contributed by atoms with Crippen LogP contribution in [0.1, 0.15) is 27.7 Å². The van der Waals surface area contributed by atoms with Crippen LogP contribution in [0, 0.1) is 6.92 Å². The number of rotatable bonds is 10. The number of anilines is 2. The number of nitrogens with zero attached hydrogens (tertiary/aromatic N) is 1. The molecular formula is C35H29ClN4O3S2. The first-order valence-corrected chi connectivity index (χ1v) is 16.1. The summed E-state index contributed by atoms with van der Waals surface area (Å²) in [6, 6.07) is 32.6. The number of aromatic nitrogens is 1. The Labute approximate surface area is 274 Å². The van der Waals surface area contributed by atoms with Crippen molar-refractivity contribution >= 4 is 69.3 Å². The molecule has 3 amide bonds. The summed E-state index contributed by atoms with van der Waals surface area (Å²) in [7, 11) is 0. The zero-order valence-corrected chi connectivity index (χ0v) is 26.8. The summed E-state index contributed by atoms with van der Waals surface area (Å²) in [6.07, 6.45) is 1.57. The summed E-state index contributed by atoms with van der Waals surface area (Å²) < 4.78 is 0. The molecule has 0 saturated carbocycles. The van der Waals surface area contributed by atoms with Gasteiger partial charge in [-0.15, -0.1) is 23.1 Å². The molecule has 0 spiro atoms. The summed E-state index contributed by atoms with van der Waals surface area (Å²) in [6.45, 7) is 3.80. The van der Waals surface area contributed by atoms with Gasteiger partial charge in [0, 0.05) is 31.6 Å². The molecule has 0 fully saturated rings. The standard InChI is InChI=1S/C35H29ClN4O3S2/c1-22-31(25-12-5-3-6-13-25)39-35(45-22)40-32(41)23(2)44-29-18-10-17-28(21-29)37-34(43)30(20-24-11-9-16-27(36)19-24)38-33(42)26-14-7-4-8-15-26/h3-21,23H,1-2H3,(H,37,43)(H,38,42)(H,39,40,41)/b30-20-. The molecule has 4 aromatic carbocycles. The highest BCUT2D eigenvalue weighted by Gasteiger charge is 2.19. The van der Waals surface area contributed by atoms with E-state index in [-0.39, 0.29) is 11.6 Å². The van der Waals surface area contributed by atoms with Crippen LogP contribution in [0.3, 0.4) is 0 Å². The van der Waals surface area contributed by atoms with Crippen molar-refractivity contribution in [3.8, 4) is 11.3 Å². The number of hydrogen-bond acceptors (Lipinski definition) is 6. The van der Waals surface area contributed by atoms with Crippen LogP contribution in [0.5, 0.6) is 0 Å². The van der Waals surface area contributed by atoms with Crippen LogP contribution in [0.15, 0.2) is 120 Å². The summed E-state index contributed by atoms with van der Waals surface area (Å²) in [4.78, 5) is 45.9. The molecule has 0 aliphatic rings. The lowest BCUT2D eigenvalue weighted by Crippen LogP contribution is -2.30. The zero-order valence-electron chi connectivity index (χ0n) is 24.4. The molecule has 1 heterocycles. The number of carbonyl (C=O) groups is 3. The topological polar surface area (TPSA) is 100 Å². The molecule has 0 radical (unpaired) electrons. The van der Waals surface area contributed by atoms with Crippen LogP contribution in [0.25, 0.3) is 17.3 Å². The third kappa shape index (κ3) is 8.69. The maximum atomic E-state index is 13.4. The van der Waals surface area contributed by atoms with E-state index in [4.69, 9.17) is 11.6 Å². The lowest BCUT2D eigenvalue weighted by Gasteiger charge is -2.14. The number of halogens is 1. The summed E-state index contributed by atoms with van der Waals surface area (Å²) in [5.41, 5.74) is 3.47. The Morgan fingerprint density at radius 3 is 2.31 bits per heavy atom. The highest BCUT2D eigenvalue weighted by Crippen LogP contribution is 2.32. The first kappa shape index (κ1) is 31.7. The Hall–Kier alpha value is -4.70. The predicted octanol–water partition coefficient (Wildman–Crippen LogP) is 8.30. The molecule has 226 valence electrons. The van der Waals surface area contributed by atoms with Crippen LogP contribution in [0.4, 0.5) is 10.8 Å². The lowest BCUT2D eigenvalue weighted by molar-refractivity contribution is -0.115. The van der Waals surface area contributed by atoms with Gasteiger partial charge in [-0.25, -0.2) is 4.98 Å². The first-order chi connectivity index (χ1) is 21.7. The van der Waals surface area contributed by atoms with Crippen molar-refractivity contribution in [2.75, 3.05) is 10.6 Å². The van der Waals surface area contributed by atoms with Gasteiger partial charge in [-0.1, -0.05) is 78.3 Å². The van der Waals surface area contributed by atoms with Crippen LogP contribution in [-0.2, 0) is 9.59 Å². The number of benzene rings is 4. The summed E-state index contributed by atoms with van der Waals surface area (Å²) in [5.74, 6) is -1.12. The van der Waals surface area contributed by atoms with E-state index >= 15 is 0 Å². The minimum atomic E-state index is -0.513. The van der Waals surface area contributed by atoms with E-state index in [1.165, 1.54) is 23.1 Å². The van der Waals surface area contributed by atoms with Gasteiger partial charge in [0.15, 0.2) is 5.13 Å². The van der Waals surface area contributed by atoms with Gasteiger partial charge in [0.05, 0.1) is 10.9 Å². The van der Waals surface area contributed by atoms with Gasteiger partial charge in [-0.05, 0) is 68.0 Å². The molecule has 45 heavy (non-hydrogen) atoms. The number of aryl methyl sites for hydroxylation is 1.